The number of hydrogen-bond acceptors (Lipinski definition) is 1. The third kappa shape index (κ3) is 6.70. The lowest BCUT2D eigenvalue weighted by Crippen LogP contribution is -2.10. The monoisotopic (exact) mass is 459 g/mol. The molecule has 0 fully saturated rings. The predicted molar refractivity (Wildman–Crippen MR) is 139 cm³/mol. The highest BCUT2D eigenvalue weighted by atomic mass is 31.2. The van der Waals surface area contributed by atoms with E-state index in [0.717, 1.165) is 11.0 Å². The van der Waals surface area contributed by atoms with Crippen LogP contribution in [0.25, 0.3) is 21.8 Å². The van der Waals surface area contributed by atoms with Crippen LogP contribution in [-0.2, 0) is 21.9 Å². The van der Waals surface area contributed by atoms with Crippen LogP contribution >= 0.6 is 7.60 Å². The Morgan fingerprint density at radius 1 is 0.781 bits per heavy atom. The maximum absolute atomic E-state index is 11.3. The quantitative estimate of drug-likeness (QED) is 0.383. The van der Waals surface area contributed by atoms with Crippen molar-refractivity contribution in [3.8, 4) is 0 Å². The third-order valence-electron chi connectivity index (χ3n) is 5.93. The second kappa shape index (κ2) is 10.1. The smallest absolute Gasteiger partial charge is 0.325 e. The van der Waals surface area contributed by atoms with Gasteiger partial charge < -0.3 is 14.4 Å². The van der Waals surface area contributed by atoms with Crippen molar-refractivity contribution in [3.63, 3.8) is 0 Å². The first kappa shape index (κ1) is 26.6. The van der Waals surface area contributed by atoms with Crippen molar-refractivity contribution in [2.45, 2.75) is 92.0 Å². The molecule has 32 heavy (non-hydrogen) atoms. The van der Waals surface area contributed by atoms with Crippen LogP contribution < -0.4 is 0 Å². The van der Waals surface area contributed by atoms with Crippen LogP contribution in [0.2, 0.25) is 0 Å². The van der Waals surface area contributed by atoms with Gasteiger partial charge in [0, 0.05) is 28.4 Å². The fraction of sp³-hybridized carbons (Fsp3) is 0.556. The van der Waals surface area contributed by atoms with Gasteiger partial charge in [-0.15, -0.1) is 0 Å². The highest BCUT2D eigenvalue weighted by molar-refractivity contribution is 7.51. The Labute approximate surface area is 194 Å². The molecular weight excluding hydrogens is 417 g/mol. The molecule has 5 heteroatoms. The number of fused-ring (bicyclic) bond motifs is 3. The number of unbranched alkanes of at least 4 members (excludes halogenated alkanes) is 1. The van der Waals surface area contributed by atoms with Gasteiger partial charge in [0.15, 0.2) is 0 Å². The molecule has 1 heterocycles. The first-order valence-electron chi connectivity index (χ1n) is 11.8. The Balaban J connectivity index is 0.000000837. The molecule has 3 aromatic rings. The van der Waals surface area contributed by atoms with Crippen molar-refractivity contribution in [2.24, 2.45) is 0 Å². The maximum Gasteiger partial charge on any atom is 0.325 e. The minimum Gasteiger partial charge on any atom is -0.340 e. The van der Waals surface area contributed by atoms with Crippen molar-refractivity contribution in [1.82, 2.24) is 4.57 Å². The van der Waals surface area contributed by atoms with Crippen molar-refractivity contribution < 1.29 is 14.4 Å². The number of benzene rings is 2. The van der Waals surface area contributed by atoms with Crippen molar-refractivity contribution >= 4 is 29.4 Å². The average molecular weight is 460 g/mol. The second-order valence-corrected chi connectivity index (χ2v) is 12.6. The summed E-state index contributed by atoms with van der Waals surface area (Å²) in [5.41, 5.74) is 4.94. The molecule has 0 saturated heterocycles. The van der Waals surface area contributed by atoms with Crippen LogP contribution in [0, 0.1) is 0 Å². The fourth-order valence-corrected chi connectivity index (χ4v) is 4.27. The summed E-state index contributed by atoms with van der Waals surface area (Å²) in [5, 5.41) is 2.43. The summed E-state index contributed by atoms with van der Waals surface area (Å²) in [6.45, 7) is 18.3. The van der Waals surface area contributed by atoms with Crippen LogP contribution in [-0.4, -0.2) is 20.5 Å². The van der Waals surface area contributed by atoms with Crippen LogP contribution in [0.4, 0.5) is 0 Å². The third-order valence-corrected chi connectivity index (χ3v) is 6.83. The summed E-state index contributed by atoms with van der Waals surface area (Å²) in [6, 6.07) is 13.2. The SMILES string of the molecule is CC(C)(C)c1ccc2c(c1)c1cc(C(C)(C)C)ccc1n2CCCP(=O)(O)O.CCCC. The molecule has 2 aromatic carbocycles. The summed E-state index contributed by atoms with van der Waals surface area (Å²) in [6.07, 6.45) is 3.00. The molecule has 2 N–H and O–H groups in total. The summed E-state index contributed by atoms with van der Waals surface area (Å²) in [4.78, 5) is 18.5. The Morgan fingerprint density at radius 3 is 1.50 bits per heavy atom. The Hall–Kier alpha value is -1.61. The summed E-state index contributed by atoms with van der Waals surface area (Å²) in [7, 11) is -3.98. The van der Waals surface area contributed by atoms with Gasteiger partial charge in [0.2, 0.25) is 0 Å². The van der Waals surface area contributed by atoms with Crippen LogP contribution in [0.3, 0.4) is 0 Å². The zero-order chi connectivity index (χ0) is 24.3. The highest BCUT2D eigenvalue weighted by Gasteiger charge is 2.20. The molecule has 0 atom stereocenters. The molecule has 0 bridgehead atoms. The highest BCUT2D eigenvalue weighted by Crippen LogP contribution is 2.38. The van der Waals surface area contributed by atoms with Gasteiger partial charge in [-0.3, -0.25) is 4.57 Å². The van der Waals surface area contributed by atoms with E-state index in [0.29, 0.717) is 13.0 Å². The van der Waals surface area contributed by atoms with Gasteiger partial charge in [-0.2, -0.15) is 0 Å². The molecule has 178 valence electrons. The molecule has 0 amide bonds. The van der Waals surface area contributed by atoms with E-state index in [1.807, 2.05) is 0 Å². The number of hydrogen-bond donors (Lipinski definition) is 2. The second-order valence-electron chi connectivity index (χ2n) is 10.9. The normalized spacial score (nSPS) is 12.8. The minimum absolute atomic E-state index is 0.0602. The first-order valence-corrected chi connectivity index (χ1v) is 13.6. The predicted octanol–water partition coefficient (Wildman–Crippen LogP) is 7.76. The van der Waals surface area contributed by atoms with Gasteiger partial charge in [-0.1, -0.05) is 80.4 Å². The fourth-order valence-electron chi connectivity index (χ4n) is 3.71. The van der Waals surface area contributed by atoms with E-state index >= 15 is 0 Å². The Morgan fingerprint density at radius 2 is 1.19 bits per heavy atom. The number of nitrogens with zero attached hydrogens (tertiary/aromatic N) is 1. The molecule has 0 saturated carbocycles. The van der Waals surface area contributed by atoms with Crippen LogP contribution in [0.15, 0.2) is 36.4 Å². The minimum atomic E-state index is -3.98. The number of aromatic nitrogens is 1. The van der Waals surface area contributed by atoms with Gasteiger partial charge in [0.25, 0.3) is 0 Å². The molecule has 4 nitrogen and oxygen atoms in total. The van der Waals surface area contributed by atoms with E-state index in [-0.39, 0.29) is 17.0 Å². The number of rotatable bonds is 5. The molecule has 0 aliphatic heterocycles. The molecule has 3 rings (SSSR count). The van der Waals surface area contributed by atoms with E-state index in [4.69, 9.17) is 0 Å². The van der Waals surface area contributed by atoms with Gasteiger partial charge in [-0.25, -0.2) is 0 Å². The van der Waals surface area contributed by atoms with Crippen LogP contribution in [0.1, 0.15) is 85.8 Å². The van der Waals surface area contributed by atoms with Gasteiger partial charge in [-0.05, 0) is 52.6 Å². The van der Waals surface area contributed by atoms with E-state index in [2.05, 4.69) is 96.4 Å². The van der Waals surface area contributed by atoms with E-state index in [1.54, 1.807) is 0 Å². The topological polar surface area (TPSA) is 62.5 Å². The molecule has 0 aliphatic carbocycles. The molecule has 0 aliphatic rings. The van der Waals surface area contributed by atoms with Gasteiger partial charge in [0.1, 0.15) is 0 Å². The zero-order valence-corrected chi connectivity index (χ0v) is 22.1. The van der Waals surface area contributed by atoms with E-state index < -0.39 is 7.60 Å². The van der Waals surface area contributed by atoms with Crippen molar-refractivity contribution in [1.29, 1.82) is 0 Å². The lowest BCUT2D eigenvalue weighted by atomic mass is 9.85. The largest absolute Gasteiger partial charge is 0.340 e. The maximum atomic E-state index is 11.3. The standard InChI is InChI=1S/C23H32NO3P.C4H10/c1-22(2,3)16-8-10-20-18(14-16)19-15-17(23(4,5)6)9-11-21(19)24(20)12-7-13-28(25,26)27;1-3-4-2/h8-11,14-15H,7,12-13H2,1-6H3,(H2,25,26,27);3-4H2,1-2H3. The lowest BCUT2D eigenvalue weighted by Gasteiger charge is -2.19. The molecule has 0 spiro atoms. The van der Waals surface area contributed by atoms with E-state index in [1.165, 1.54) is 34.7 Å². The van der Waals surface area contributed by atoms with Crippen LogP contribution in [0.5, 0.6) is 0 Å². The average Bonchev–Trinajstić information content (AvgIpc) is 2.99. The zero-order valence-electron chi connectivity index (χ0n) is 21.2. The Bertz CT molecular complexity index is 1020. The summed E-state index contributed by atoms with van der Waals surface area (Å²) >= 11 is 0. The van der Waals surface area contributed by atoms with Gasteiger partial charge in [0.05, 0.1) is 6.16 Å². The lowest BCUT2D eigenvalue weighted by molar-refractivity contribution is 0.370. The van der Waals surface area contributed by atoms with E-state index in [9.17, 15) is 14.4 Å². The molecule has 0 unspecified atom stereocenters. The Kier molecular flexibility index (Phi) is 8.42. The van der Waals surface area contributed by atoms with Gasteiger partial charge >= 0.3 is 7.60 Å². The molecule has 0 radical (unpaired) electrons. The van der Waals surface area contributed by atoms with Crippen molar-refractivity contribution in [2.75, 3.05) is 6.16 Å². The first-order chi connectivity index (χ1) is 14.7. The molecular formula is C27H42NO3P. The summed E-state index contributed by atoms with van der Waals surface area (Å²) < 4.78 is 13.5. The number of aryl methyl sites for hydroxylation is 1. The molecule has 1 aromatic heterocycles. The summed E-state index contributed by atoms with van der Waals surface area (Å²) in [5.74, 6) is 0. The van der Waals surface area contributed by atoms with Crippen molar-refractivity contribution in [3.05, 3.63) is 47.5 Å².